The molecule has 1 rings (SSSR count). The first kappa shape index (κ1) is 19.6. The van der Waals surface area contributed by atoms with E-state index in [1.807, 2.05) is 11.8 Å². The fourth-order valence-corrected chi connectivity index (χ4v) is 3.01. The summed E-state index contributed by atoms with van der Waals surface area (Å²) in [5.41, 5.74) is 0. The Hall–Kier alpha value is -0.460. The smallest absolute Gasteiger partial charge is 0.191 e. The summed E-state index contributed by atoms with van der Waals surface area (Å²) in [5, 5.41) is 6.79. The molecule has 0 radical (unpaired) electrons. The minimum atomic E-state index is 0.514. The number of aliphatic imine (C=N–C) groups is 1. The normalized spacial score (nSPS) is 19.2. The first-order valence-electron chi connectivity index (χ1n) is 8.61. The van der Waals surface area contributed by atoms with Crippen LogP contribution in [0.2, 0.25) is 0 Å². The first-order valence-corrected chi connectivity index (χ1v) is 10.0. The van der Waals surface area contributed by atoms with E-state index in [1.165, 1.54) is 31.7 Å². The van der Waals surface area contributed by atoms with Gasteiger partial charge in [0.2, 0.25) is 0 Å². The molecule has 5 nitrogen and oxygen atoms in total. The van der Waals surface area contributed by atoms with Crippen molar-refractivity contribution in [3.8, 4) is 0 Å². The second-order valence-electron chi connectivity index (χ2n) is 6.03. The van der Waals surface area contributed by atoms with Gasteiger partial charge in [0.15, 0.2) is 5.96 Å². The molecule has 2 N–H and O–H groups in total. The van der Waals surface area contributed by atoms with Gasteiger partial charge < -0.3 is 15.5 Å². The Morgan fingerprint density at radius 3 is 2.55 bits per heavy atom. The van der Waals surface area contributed by atoms with Crippen LogP contribution in [0.25, 0.3) is 0 Å². The molecule has 1 heterocycles. The van der Waals surface area contributed by atoms with E-state index in [1.54, 1.807) is 0 Å². The molecule has 0 aromatic carbocycles. The molecule has 1 atom stereocenters. The van der Waals surface area contributed by atoms with Crippen LogP contribution in [-0.2, 0) is 0 Å². The van der Waals surface area contributed by atoms with Gasteiger partial charge in [-0.2, -0.15) is 11.8 Å². The van der Waals surface area contributed by atoms with Crippen molar-refractivity contribution in [2.45, 2.75) is 32.7 Å². The average molecular weight is 330 g/mol. The zero-order chi connectivity index (χ0) is 16.2. The summed E-state index contributed by atoms with van der Waals surface area (Å²) >= 11 is 1.92. The largest absolute Gasteiger partial charge is 0.357 e. The van der Waals surface area contributed by atoms with Gasteiger partial charge in [-0.3, -0.25) is 9.89 Å². The van der Waals surface area contributed by atoms with Gasteiger partial charge in [0.1, 0.15) is 0 Å². The van der Waals surface area contributed by atoms with E-state index in [0.29, 0.717) is 6.04 Å². The maximum Gasteiger partial charge on any atom is 0.191 e. The monoisotopic (exact) mass is 329 g/mol. The van der Waals surface area contributed by atoms with Crippen LogP contribution in [0.1, 0.15) is 26.7 Å². The Morgan fingerprint density at radius 2 is 1.91 bits per heavy atom. The van der Waals surface area contributed by atoms with E-state index in [4.69, 9.17) is 4.99 Å². The first-order chi connectivity index (χ1) is 10.7. The molecule has 0 spiro atoms. The highest BCUT2D eigenvalue weighted by Crippen LogP contribution is 2.05. The summed E-state index contributed by atoms with van der Waals surface area (Å²) in [5.74, 6) is 2.21. The van der Waals surface area contributed by atoms with Crippen LogP contribution in [0, 0.1) is 0 Å². The number of rotatable bonds is 9. The lowest BCUT2D eigenvalue weighted by Gasteiger charge is -2.35. The van der Waals surface area contributed by atoms with Gasteiger partial charge >= 0.3 is 0 Å². The lowest BCUT2D eigenvalue weighted by Crippen LogP contribution is -2.49. The molecule has 22 heavy (non-hydrogen) atoms. The van der Waals surface area contributed by atoms with Gasteiger partial charge in [-0.1, -0.05) is 0 Å². The molecule has 0 amide bonds. The lowest BCUT2D eigenvalue weighted by molar-refractivity contribution is 0.122. The van der Waals surface area contributed by atoms with Gasteiger partial charge in [-0.25, -0.2) is 0 Å². The zero-order valence-electron chi connectivity index (χ0n) is 14.9. The van der Waals surface area contributed by atoms with Crippen molar-refractivity contribution in [2.24, 2.45) is 4.99 Å². The molecule has 0 aliphatic carbocycles. The Morgan fingerprint density at radius 1 is 1.18 bits per heavy atom. The molecule has 1 aliphatic heterocycles. The summed E-state index contributed by atoms with van der Waals surface area (Å²) in [7, 11) is 2.20. The van der Waals surface area contributed by atoms with Gasteiger partial charge in [-0.05, 0) is 45.7 Å². The fourth-order valence-electron chi connectivity index (χ4n) is 2.52. The van der Waals surface area contributed by atoms with E-state index in [9.17, 15) is 0 Å². The van der Waals surface area contributed by atoms with Crippen LogP contribution in [0.4, 0.5) is 0 Å². The van der Waals surface area contributed by atoms with Crippen molar-refractivity contribution >= 4 is 17.7 Å². The predicted octanol–water partition coefficient (Wildman–Crippen LogP) is 1.32. The van der Waals surface area contributed by atoms with Crippen molar-refractivity contribution in [2.75, 3.05) is 64.9 Å². The molecule has 0 aromatic rings. The zero-order valence-corrected chi connectivity index (χ0v) is 15.7. The number of piperazine rings is 1. The summed E-state index contributed by atoms with van der Waals surface area (Å²) in [6.45, 7) is 11.9. The highest BCUT2D eigenvalue weighted by Gasteiger charge is 2.18. The van der Waals surface area contributed by atoms with Gasteiger partial charge in [0, 0.05) is 45.3 Å². The predicted molar refractivity (Wildman–Crippen MR) is 100 cm³/mol. The Labute approximate surface area is 141 Å². The second kappa shape index (κ2) is 12.0. The third kappa shape index (κ3) is 8.25. The Balaban J connectivity index is 2.30. The number of guanidine groups is 1. The van der Waals surface area contributed by atoms with E-state index in [-0.39, 0.29) is 0 Å². The summed E-state index contributed by atoms with van der Waals surface area (Å²) in [6, 6.07) is 0.514. The van der Waals surface area contributed by atoms with Crippen molar-refractivity contribution in [3.63, 3.8) is 0 Å². The van der Waals surface area contributed by atoms with Crippen LogP contribution >= 0.6 is 11.8 Å². The molecule has 0 aromatic heterocycles. The average Bonchev–Trinajstić information content (AvgIpc) is 2.52. The molecular weight excluding hydrogens is 294 g/mol. The molecular formula is C16H35N5S. The minimum Gasteiger partial charge on any atom is -0.357 e. The number of unbranched alkanes of at least 4 members (excludes halogenated alkanes) is 1. The van der Waals surface area contributed by atoms with Crippen LogP contribution < -0.4 is 10.6 Å². The van der Waals surface area contributed by atoms with E-state index >= 15 is 0 Å². The third-order valence-corrected chi connectivity index (χ3v) is 4.78. The number of hydrogen-bond acceptors (Lipinski definition) is 4. The lowest BCUT2D eigenvalue weighted by atomic mass is 10.2. The maximum atomic E-state index is 4.76. The Kier molecular flexibility index (Phi) is 10.7. The minimum absolute atomic E-state index is 0.514. The number of thioether (sulfide) groups is 1. The number of nitrogens with zero attached hydrogens (tertiary/aromatic N) is 3. The van der Waals surface area contributed by atoms with Gasteiger partial charge in [0.05, 0.1) is 6.54 Å². The van der Waals surface area contributed by atoms with Crippen LogP contribution in [-0.4, -0.2) is 86.7 Å². The van der Waals surface area contributed by atoms with E-state index in [0.717, 1.165) is 38.7 Å². The molecule has 0 saturated carbocycles. The molecule has 1 saturated heterocycles. The summed E-state index contributed by atoms with van der Waals surface area (Å²) in [6.07, 6.45) is 4.64. The Bertz CT molecular complexity index is 303. The highest BCUT2D eigenvalue weighted by atomic mass is 32.2. The quantitative estimate of drug-likeness (QED) is 0.379. The van der Waals surface area contributed by atoms with Crippen LogP contribution in [0.5, 0.6) is 0 Å². The number of likely N-dealkylation sites (N-methyl/N-ethyl adjacent to an activating group) is 1. The van der Waals surface area contributed by atoms with E-state index < -0.39 is 0 Å². The van der Waals surface area contributed by atoms with Crippen molar-refractivity contribution in [1.29, 1.82) is 0 Å². The highest BCUT2D eigenvalue weighted by molar-refractivity contribution is 7.98. The SMILES string of the molecule is CCNC(=NCC(C)N1CCN(C)CC1)NCCCCSC. The number of nitrogens with one attached hydrogen (secondary N) is 2. The van der Waals surface area contributed by atoms with Gasteiger partial charge in [0.25, 0.3) is 0 Å². The van der Waals surface area contributed by atoms with Crippen molar-refractivity contribution in [1.82, 2.24) is 20.4 Å². The van der Waals surface area contributed by atoms with Crippen molar-refractivity contribution in [3.05, 3.63) is 0 Å². The summed E-state index contributed by atoms with van der Waals surface area (Å²) in [4.78, 5) is 9.70. The maximum absolute atomic E-state index is 4.76. The summed E-state index contributed by atoms with van der Waals surface area (Å²) < 4.78 is 0. The van der Waals surface area contributed by atoms with Crippen LogP contribution in [0.15, 0.2) is 4.99 Å². The molecule has 130 valence electrons. The number of hydrogen-bond donors (Lipinski definition) is 2. The van der Waals surface area contributed by atoms with E-state index in [2.05, 4.69) is 47.6 Å². The second-order valence-corrected chi connectivity index (χ2v) is 7.02. The standard InChI is InChI=1S/C16H35N5S/c1-5-17-16(18-8-6-7-13-22-4)19-14-15(2)21-11-9-20(3)10-12-21/h15H,5-14H2,1-4H3,(H2,17,18,19). The molecule has 1 unspecified atom stereocenters. The molecule has 1 fully saturated rings. The van der Waals surface area contributed by atoms with Crippen LogP contribution in [0.3, 0.4) is 0 Å². The van der Waals surface area contributed by atoms with Crippen molar-refractivity contribution < 1.29 is 0 Å². The molecule has 1 aliphatic rings. The molecule has 6 heteroatoms. The molecule has 0 bridgehead atoms. The fraction of sp³-hybridized carbons (Fsp3) is 0.938. The van der Waals surface area contributed by atoms with Gasteiger partial charge in [-0.15, -0.1) is 0 Å². The topological polar surface area (TPSA) is 42.9 Å². The third-order valence-electron chi connectivity index (χ3n) is 4.09.